The number of methoxy groups -OCH3 is 1. The van der Waals surface area contributed by atoms with Crippen LogP contribution in [-0.4, -0.2) is 73.8 Å². The summed E-state index contributed by atoms with van der Waals surface area (Å²) >= 11 is 0. The van der Waals surface area contributed by atoms with Gasteiger partial charge in [0.1, 0.15) is 18.2 Å². The number of piperidine rings is 2. The number of nitrogens with zero attached hydrogens (tertiary/aromatic N) is 2. The summed E-state index contributed by atoms with van der Waals surface area (Å²) in [5, 5.41) is 2.96. The maximum atomic E-state index is 13.6. The standard InChI is InChI=1S/C27H32FN3O4/c1-34-22-8-4-19(5-9-22)26(18-2-6-21(28)7-3-18)20-10-13-30(14-11-20)27(33)31-15-12-24-23(16-31)29-25(32)17-35-24/h2-9,20,23-24,26H,10-17H2,1H3,(H,29,32)/t23-,24?,26-/m1/s1. The molecule has 186 valence electrons. The summed E-state index contributed by atoms with van der Waals surface area (Å²) in [6.45, 7) is 2.57. The summed E-state index contributed by atoms with van der Waals surface area (Å²) in [5.74, 6) is 0.881. The Bertz CT molecular complexity index is 1040. The monoisotopic (exact) mass is 481 g/mol. The number of carbonyl (C=O) groups excluding carboxylic acids is 2. The van der Waals surface area contributed by atoms with Gasteiger partial charge in [0.05, 0.1) is 19.3 Å². The van der Waals surface area contributed by atoms with E-state index in [9.17, 15) is 14.0 Å². The minimum absolute atomic E-state index is 0.0107. The van der Waals surface area contributed by atoms with Gasteiger partial charge in [-0.25, -0.2) is 9.18 Å². The number of halogens is 1. The van der Waals surface area contributed by atoms with Crippen LogP contribution in [0.3, 0.4) is 0 Å². The lowest BCUT2D eigenvalue weighted by Crippen LogP contribution is -2.62. The highest BCUT2D eigenvalue weighted by Gasteiger charge is 2.38. The van der Waals surface area contributed by atoms with Crippen LogP contribution in [-0.2, 0) is 9.53 Å². The van der Waals surface area contributed by atoms with Crippen molar-refractivity contribution in [2.45, 2.75) is 37.3 Å². The molecule has 3 atom stereocenters. The van der Waals surface area contributed by atoms with E-state index in [0.29, 0.717) is 32.1 Å². The molecule has 0 radical (unpaired) electrons. The largest absolute Gasteiger partial charge is 0.497 e. The van der Waals surface area contributed by atoms with Crippen LogP contribution in [0.15, 0.2) is 48.5 Å². The molecule has 3 aliphatic heterocycles. The number of hydrogen-bond acceptors (Lipinski definition) is 4. The number of nitrogens with one attached hydrogen (secondary N) is 1. The van der Waals surface area contributed by atoms with Crippen molar-refractivity contribution in [2.75, 3.05) is 39.9 Å². The molecule has 3 heterocycles. The molecule has 3 saturated heterocycles. The highest BCUT2D eigenvalue weighted by molar-refractivity contribution is 5.79. The second kappa shape index (κ2) is 10.2. The van der Waals surface area contributed by atoms with Crippen LogP contribution in [0.25, 0.3) is 0 Å². The Hall–Kier alpha value is -3.13. The first-order valence-electron chi connectivity index (χ1n) is 12.4. The lowest BCUT2D eigenvalue weighted by atomic mass is 9.76. The number of fused-ring (bicyclic) bond motifs is 1. The van der Waals surface area contributed by atoms with Gasteiger partial charge in [0.25, 0.3) is 0 Å². The smallest absolute Gasteiger partial charge is 0.320 e. The number of hydrogen-bond donors (Lipinski definition) is 1. The number of morpholine rings is 1. The molecule has 1 N–H and O–H groups in total. The number of likely N-dealkylation sites (tertiary alicyclic amines) is 2. The summed E-state index contributed by atoms with van der Waals surface area (Å²) in [6.07, 6.45) is 2.44. The zero-order chi connectivity index (χ0) is 24.4. The van der Waals surface area contributed by atoms with E-state index >= 15 is 0 Å². The van der Waals surface area contributed by atoms with Crippen LogP contribution in [0.5, 0.6) is 5.75 Å². The molecule has 3 amide bonds. The maximum Gasteiger partial charge on any atom is 0.320 e. The van der Waals surface area contributed by atoms with E-state index in [0.717, 1.165) is 36.1 Å². The number of benzene rings is 2. The van der Waals surface area contributed by atoms with E-state index < -0.39 is 0 Å². The van der Waals surface area contributed by atoms with Crippen molar-refractivity contribution in [3.63, 3.8) is 0 Å². The van der Waals surface area contributed by atoms with Crippen molar-refractivity contribution in [3.8, 4) is 5.75 Å². The molecule has 2 aromatic rings. The number of rotatable bonds is 4. The van der Waals surface area contributed by atoms with Crippen molar-refractivity contribution in [1.82, 2.24) is 15.1 Å². The molecule has 35 heavy (non-hydrogen) atoms. The van der Waals surface area contributed by atoms with Gasteiger partial charge in [0.15, 0.2) is 0 Å². The predicted molar refractivity (Wildman–Crippen MR) is 129 cm³/mol. The molecule has 3 aliphatic rings. The van der Waals surface area contributed by atoms with Crippen LogP contribution >= 0.6 is 0 Å². The minimum atomic E-state index is -0.244. The number of urea groups is 1. The van der Waals surface area contributed by atoms with Crippen LogP contribution in [0.1, 0.15) is 36.3 Å². The van der Waals surface area contributed by atoms with Gasteiger partial charge in [-0.1, -0.05) is 24.3 Å². The van der Waals surface area contributed by atoms with E-state index in [4.69, 9.17) is 9.47 Å². The van der Waals surface area contributed by atoms with Crippen molar-refractivity contribution in [3.05, 3.63) is 65.5 Å². The SMILES string of the molecule is COc1ccc([C@@H](c2ccc(F)cc2)C2CCN(C(=O)N3CCC4OCC(=O)N[C@@H]4C3)CC2)cc1. The Morgan fingerprint density at radius 1 is 1.00 bits per heavy atom. The van der Waals surface area contributed by atoms with Gasteiger partial charge in [-0.3, -0.25) is 4.79 Å². The highest BCUT2D eigenvalue weighted by atomic mass is 19.1. The number of ether oxygens (including phenoxy) is 2. The highest BCUT2D eigenvalue weighted by Crippen LogP contribution is 2.39. The lowest BCUT2D eigenvalue weighted by Gasteiger charge is -2.44. The predicted octanol–water partition coefficient (Wildman–Crippen LogP) is 3.39. The zero-order valence-corrected chi connectivity index (χ0v) is 20.0. The molecule has 5 rings (SSSR count). The fourth-order valence-electron chi connectivity index (χ4n) is 5.72. The van der Waals surface area contributed by atoms with E-state index in [1.54, 1.807) is 7.11 Å². The van der Waals surface area contributed by atoms with Crippen LogP contribution < -0.4 is 10.1 Å². The first-order valence-corrected chi connectivity index (χ1v) is 12.4. The van der Waals surface area contributed by atoms with E-state index in [2.05, 4.69) is 17.4 Å². The summed E-state index contributed by atoms with van der Waals surface area (Å²) in [5.41, 5.74) is 2.24. The number of carbonyl (C=O) groups is 2. The molecule has 0 aromatic heterocycles. The third-order valence-corrected chi connectivity index (χ3v) is 7.58. The first kappa shape index (κ1) is 23.6. The molecular weight excluding hydrogens is 449 g/mol. The van der Waals surface area contributed by atoms with Crippen molar-refractivity contribution in [2.24, 2.45) is 5.92 Å². The Kier molecular flexibility index (Phi) is 6.90. The van der Waals surface area contributed by atoms with Crippen molar-refractivity contribution in [1.29, 1.82) is 0 Å². The van der Waals surface area contributed by atoms with Crippen LogP contribution in [0.2, 0.25) is 0 Å². The Morgan fingerprint density at radius 3 is 2.29 bits per heavy atom. The average molecular weight is 482 g/mol. The van der Waals surface area contributed by atoms with Gasteiger partial charge in [0, 0.05) is 32.1 Å². The van der Waals surface area contributed by atoms with Crippen LogP contribution in [0, 0.1) is 11.7 Å². The average Bonchev–Trinajstić information content (AvgIpc) is 2.90. The summed E-state index contributed by atoms with van der Waals surface area (Å²) in [6, 6.07) is 14.7. The van der Waals surface area contributed by atoms with Gasteiger partial charge in [-0.15, -0.1) is 0 Å². The van der Waals surface area contributed by atoms with Gasteiger partial charge in [0.2, 0.25) is 5.91 Å². The Labute approximate surface area is 205 Å². The van der Waals surface area contributed by atoms with Gasteiger partial charge in [-0.05, 0) is 60.6 Å². The van der Waals surface area contributed by atoms with E-state index in [-0.39, 0.29) is 42.4 Å². The normalized spacial score (nSPS) is 23.9. The van der Waals surface area contributed by atoms with Crippen LogP contribution in [0.4, 0.5) is 9.18 Å². The molecule has 3 fully saturated rings. The summed E-state index contributed by atoms with van der Waals surface area (Å²) in [7, 11) is 1.65. The summed E-state index contributed by atoms with van der Waals surface area (Å²) in [4.78, 5) is 28.8. The maximum absolute atomic E-state index is 13.6. The molecule has 0 saturated carbocycles. The Morgan fingerprint density at radius 2 is 1.63 bits per heavy atom. The third kappa shape index (κ3) is 5.12. The number of amides is 3. The van der Waals surface area contributed by atoms with E-state index in [1.807, 2.05) is 34.1 Å². The minimum Gasteiger partial charge on any atom is -0.497 e. The molecule has 0 bridgehead atoms. The van der Waals surface area contributed by atoms with Crippen molar-refractivity contribution >= 4 is 11.9 Å². The van der Waals surface area contributed by atoms with Crippen molar-refractivity contribution < 1.29 is 23.5 Å². The zero-order valence-electron chi connectivity index (χ0n) is 20.0. The van der Waals surface area contributed by atoms with E-state index in [1.165, 1.54) is 12.1 Å². The van der Waals surface area contributed by atoms with Gasteiger partial charge >= 0.3 is 6.03 Å². The first-order chi connectivity index (χ1) is 17.0. The molecule has 7 nitrogen and oxygen atoms in total. The quantitative estimate of drug-likeness (QED) is 0.727. The topological polar surface area (TPSA) is 71.1 Å². The molecule has 2 aromatic carbocycles. The summed E-state index contributed by atoms with van der Waals surface area (Å²) < 4.78 is 24.6. The molecular formula is C27H32FN3O4. The Balaban J connectivity index is 1.26. The molecule has 8 heteroatoms. The lowest BCUT2D eigenvalue weighted by molar-refractivity contribution is -0.139. The molecule has 1 unspecified atom stereocenters. The second-order valence-electron chi connectivity index (χ2n) is 9.67. The fraction of sp³-hybridized carbons (Fsp3) is 0.481. The molecule has 0 aliphatic carbocycles. The third-order valence-electron chi connectivity index (χ3n) is 7.58. The fourth-order valence-corrected chi connectivity index (χ4v) is 5.72. The van der Waals surface area contributed by atoms with Gasteiger partial charge in [-0.2, -0.15) is 0 Å². The molecule has 0 spiro atoms. The second-order valence-corrected chi connectivity index (χ2v) is 9.67. The van der Waals surface area contributed by atoms with Gasteiger partial charge < -0.3 is 24.6 Å².